The van der Waals surface area contributed by atoms with Crippen LogP contribution in [0, 0.1) is 0 Å². The summed E-state index contributed by atoms with van der Waals surface area (Å²) in [5.41, 5.74) is 0.998. The van der Waals surface area contributed by atoms with Crippen LogP contribution in [-0.2, 0) is 0 Å². The second-order valence-corrected chi connectivity index (χ2v) is 7.07. The first-order chi connectivity index (χ1) is 8.16. The van der Waals surface area contributed by atoms with Crippen molar-refractivity contribution in [2.24, 2.45) is 0 Å². The largest absolute Gasteiger partial charge is 1.00 e. The highest BCUT2D eigenvalue weighted by atomic mass is 35.5. The number of rotatable bonds is 11. The van der Waals surface area contributed by atoms with Gasteiger partial charge in [-0.1, -0.05) is 47.0 Å². The third-order valence-corrected chi connectivity index (χ3v) is 5.90. The highest BCUT2D eigenvalue weighted by molar-refractivity contribution is 6.10. The first kappa shape index (κ1) is 20.8. The van der Waals surface area contributed by atoms with Crippen molar-refractivity contribution in [2.45, 2.75) is 78.3 Å². The van der Waals surface area contributed by atoms with Crippen molar-refractivity contribution in [3.63, 3.8) is 0 Å². The van der Waals surface area contributed by atoms with Gasteiger partial charge in [0.2, 0.25) is 0 Å². The van der Waals surface area contributed by atoms with Crippen LogP contribution >= 0.6 is 0 Å². The monoisotopic (exact) mass is 293 g/mol. The summed E-state index contributed by atoms with van der Waals surface area (Å²) < 4.78 is 1.46. The van der Waals surface area contributed by atoms with E-state index in [-0.39, 0.29) is 12.4 Å². The summed E-state index contributed by atoms with van der Waals surface area (Å²) in [5, 5.41) is 0. The Labute approximate surface area is 125 Å². The van der Waals surface area contributed by atoms with E-state index in [1.54, 1.807) is 0 Å². The Hall–Kier alpha value is 0.467. The van der Waals surface area contributed by atoms with Crippen molar-refractivity contribution >= 4 is 10.2 Å². The first-order valence-electron chi connectivity index (χ1n) is 8.02. The van der Waals surface area contributed by atoms with Crippen molar-refractivity contribution in [1.29, 1.82) is 0 Å². The van der Waals surface area contributed by atoms with Crippen LogP contribution in [0.5, 0.6) is 0 Å². The fraction of sp³-hybridized carbons (Fsp3) is 1.00. The maximum Gasteiger partial charge on any atom is 0.0785 e. The third-order valence-electron chi connectivity index (χ3n) is 4.22. The van der Waals surface area contributed by atoms with Crippen molar-refractivity contribution in [1.82, 2.24) is 0 Å². The van der Waals surface area contributed by atoms with Gasteiger partial charge >= 0.3 is 0 Å². The lowest BCUT2D eigenvalue weighted by Crippen LogP contribution is -3.00. The van der Waals surface area contributed by atoms with Gasteiger partial charge in [-0.25, -0.2) is 0 Å². The molecule has 18 heavy (non-hydrogen) atoms. The predicted molar refractivity (Wildman–Crippen MR) is 83.6 cm³/mol. The standard InChI is InChI=1S/C15H36NSi.ClH/c1-5-9-13-16(12-8-4,14-10-6-2)15(17)11-7-3;/h15H,5-14H2,1-4,17H3;1H/q+1;/p-1. The number of hydrogen-bond donors (Lipinski definition) is 0. The summed E-state index contributed by atoms with van der Waals surface area (Å²) in [4.78, 5) is 0. The number of hydrogen-bond acceptors (Lipinski definition) is 0. The molecule has 112 valence electrons. The van der Waals surface area contributed by atoms with Crippen molar-refractivity contribution in [2.75, 3.05) is 19.6 Å². The Bertz CT molecular complexity index is 168. The lowest BCUT2D eigenvalue weighted by atomic mass is 10.1. The van der Waals surface area contributed by atoms with E-state index < -0.39 is 0 Å². The molecular weight excluding hydrogens is 258 g/mol. The van der Waals surface area contributed by atoms with E-state index in [1.165, 1.54) is 79.3 Å². The van der Waals surface area contributed by atoms with E-state index in [0.717, 1.165) is 5.67 Å². The molecule has 3 heteroatoms. The van der Waals surface area contributed by atoms with Crippen molar-refractivity contribution < 1.29 is 16.9 Å². The van der Waals surface area contributed by atoms with Crippen molar-refractivity contribution in [3.8, 4) is 0 Å². The average molecular weight is 294 g/mol. The normalized spacial score (nSPS) is 13.3. The zero-order valence-corrected chi connectivity index (χ0v) is 16.2. The highest BCUT2D eigenvalue weighted by Gasteiger charge is 2.30. The molecule has 1 nitrogen and oxygen atoms in total. The zero-order chi connectivity index (χ0) is 13.1. The molecule has 1 unspecified atom stereocenters. The SMILES string of the molecule is CCCC[N+](CCC)(CCCC)C([SiH3])CCC.[Cl-]. The fourth-order valence-electron chi connectivity index (χ4n) is 3.08. The molecule has 0 heterocycles. The van der Waals surface area contributed by atoms with Crippen LogP contribution in [0.25, 0.3) is 0 Å². The molecule has 1 atom stereocenters. The van der Waals surface area contributed by atoms with Gasteiger partial charge < -0.3 is 16.9 Å². The van der Waals surface area contributed by atoms with Crippen LogP contribution in [-0.4, -0.2) is 40.0 Å². The van der Waals surface area contributed by atoms with E-state index in [1.807, 2.05) is 0 Å². The molecule has 0 N–H and O–H groups in total. The van der Waals surface area contributed by atoms with E-state index in [9.17, 15) is 0 Å². The Morgan fingerprint density at radius 2 is 1.28 bits per heavy atom. The quantitative estimate of drug-likeness (QED) is 0.380. The lowest BCUT2D eigenvalue weighted by Gasteiger charge is -2.44. The summed E-state index contributed by atoms with van der Waals surface area (Å²) in [7, 11) is 1.38. The molecule has 0 aromatic heterocycles. The number of halogens is 1. The molecular formula is C15H36ClNSi. The molecule has 0 aromatic carbocycles. The van der Waals surface area contributed by atoms with Crippen LogP contribution in [0.3, 0.4) is 0 Å². The van der Waals surface area contributed by atoms with Gasteiger partial charge in [0.1, 0.15) is 0 Å². The van der Waals surface area contributed by atoms with E-state index in [2.05, 4.69) is 27.7 Å². The van der Waals surface area contributed by atoms with E-state index in [4.69, 9.17) is 0 Å². The summed E-state index contributed by atoms with van der Waals surface area (Å²) in [5.74, 6) is 0. The summed E-state index contributed by atoms with van der Waals surface area (Å²) in [6.07, 6.45) is 9.75. The number of nitrogens with zero attached hydrogens (tertiary/aromatic N) is 1. The molecule has 0 saturated heterocycles. The maximum atomic E-state index is 2.37. The van der Waals surface area contributed by atoms with Crippen LogP contribution in [0.2, 0.25) is 0 Å². The van der Waals surface area contributed by atoms with Crippen molar-refractivity contribution in [3.05, 3.63) is 0 Å². The Kier molecular flexibility index (Phi) is 14.4. The topological polar surface area (TPSA) is 0 Å². The van der Waals surface area contributed by atoms with Gasteiger partial charge in [-0.15, -0.1) is 0 Å². The average Bonchev–Trinajstić information content (AvgIpc) is 2.33. The molecule has 0 fully saturated rings. The summed E-state index contributed by atoms with van der Waals surface area (Å²) in [6.45, 7) is 13.7. The molecule has 0 bridgehead atoms. The van der Waals surface area contributed by atoms with Crippen LogP contribution in [0.1, 0.15) is 72.6 Å². The third kappa shape index (κ3) is 7.15. The van der Waals surface area contributed by atoms with E-state index in [0.29, 0.717) is 0 Å². The van der Waals surface area contributed by atoms with Gasteiger partial charge in [-0.3, -0.25) is 0 Å². The Balaban J connectivity index is 0. The minimum atomic E-state index is 0. The van der Waals surface area contributed by atoms with Crippen LogP contribution < -0.4 is 12.4 Å². The Morgan fingerprint density at radius 3 is 1.61 bits per heavy atom. The van der Waals surface area contributed by atoms with Gasteiger partial charge in [0.25, 0.3) is 0 Å². The van der Waals surface area contributed by atoms with Crippen LogP contribution in [0.4, 0.5) is 0 Å². The molecule has 0 radical (unpaired) electrons. The smallest absolute Gasteiger partial charge is 0.0785 e. The summed E-state index contributed by atoms with van der Waals surface area (Å²) >= 11 is 0. The Morgan fingerprint density at radius 1 is 0.778 bits per heavy atom. The second-order valence-electron chi connectivity index (χ2n) is 5.73. The number of quaternary nitrogens is 1. The molecule has 0 aromatic rings. The minimum Gasteiger partial charge on any atom is -1.00 e. The van der Waals surface area contributed by atoms with Gasteiger partial charge in [0.05, 0.1) is 35.5 Å². The molecule has 0 saturated carbocycles. The lowest BCUT2D eigenvalue weighted by molar-refractivity contribution is -0.940. The molecule has 0 rings (SSSR count). The first-order valence-corrected chi connectivity index (χ1v) is 9.18. The highest BCUT2D eigenvalue weighted by Crippen LogP contribution is 2.20. The number of unbranched alkanes of at least 4 members (excludes halogenated alkanes) is 2. The van der Waals surface area contributed by atoms with Gasteiger partial charge in [0, 0.05) is 0 Å². The predicted octanol–water partition coefficient (Wildman–Crippen LogP) is 0.309. The maximum absolute atomic E-state index is 2.37. The van der Waals surface area contributed by atoms with Gasteiger partial charge in [-0.2, -0.15) is 0 Å². The molecule has 0 amide bonds. The van der Waals surface area contributed by atoms with Gasteiger partial charge in [0.15, 0.2) is 0 Å². The second kappa shape index (κ2) is 12.5. The van der Waals surface area contributed by atoms with Gasteiger partial charge in [-0.05, 0) is 25.7 Å². The van der Waals surface area contributed by atoms with E-state index >= 15 is 0 Å². The molecule has 0 spiro atoms. The fourth-order valence-corrected chi connectivity index (χ4v) is 4.43. The molecule has 0 aliphatic heterocycles. The molecule has 0 aliphatic carbocycles. The molecule has 0 aliphatic rings. The summed E-state index contributed by atoms with van der Waals surface area (Å²) in [6, 6.07) is 0. The van der Waals surface area contributed by atoms with Crippen LogP contribution in [0.15, 0.2) is 0 Å². The zero-order valence-electron chi connectivity index (χ0n) is 13.5. The minimum absolute atomic E-state index is 0.